The van der Waals surface area contributed by atoms with Crippen LogP contribution in [0.15, 0.2) is 63.1 Å². The van der Waals surface area contributed by atoms with Crippen molar-refractivity contribution >= 4 is 17.6 Å². The Morgan fingerprint density at radius 1 is 1.03 bits per heavy atom. The molecule has 1 aliphatic rings. The van der Waals surface area contributed by atoms with Crippen LogP contribution in [0.2, 0.25) is 0 Å². The van der Waals surface area contributed by atoms with E-state index in [4.69, 9.17) is 0 Å². The van der Waals surface area contributed by atoms with Crippen LogP contribution in [-0.4, -0.2) is 34.0 Å². The zero-order valence-electron chi connectivity index (χ0n) is 15.5. The lowest BCUT2D eigenvalue weighted by Gasteiger charge is -2.19. The number of halogens is 1. The largest absolute Gasteiger partial charge is 0.493 e. The number of para-hydroxylation sites is 2. The SMILES string of the molecule is O=c1[nH]c(=O)n(-c2ccc(F)cc2)c(O)c1C=Nc1ccccc1N1CCCC1. The minimum atomic E-state index is -0.825. The van der Waals surface area contributed by atoms with E-state index < -0.39 is 22.9 Å². The quantitative estimate of drug-likeness (QED) is 0.666. The molecule has 0 saturated carbocycles. The van der Waals surface area contributed by atoms with Gasteiger partial charge in [-0.1, -0.05) is 12.1 Å². The molecule has 0 amide bonds. The average Bonchev–Trinajstić information content (AvgIpc) is 3.24. The third kappa shape index (κ3) is 3.69. The van der Waals surface area contributed by atoms with Gasteiger partial charge in [0.25, 0.3) is 5.56 Å². The standard InChI is InChI=1S/C21H19FN4O3/c22-14-7-9-15(10-8-14)26-20(28)16(19(27)24-21(26)29)13-23-17-5-1-2-6-18(17)25-11-3-4-12-25/h1-2,5-10,13,28H,3-4,11-12H2,(H,24,27,29). The van der Waals surface area contributed by atoms with E-state index in [1.54, 1.807) is 0 Å². The van der Waals surface area contributed by atoms with E-state index in [2.05, 4.69) is 14.9 Å². The van der Waals surface area contributed by atoms with Crippen molar-refractivity contribution < 1.29 is 9.50 Å². The first-order chi connectivity index (χ1) is 14.0. The van der Waals surface area contributed by atoms with Gasteiger partial charge in [0.05, 0.1) is 17.1 Å². The molecule has 7 nitrogen and oxygen atoms in total. The van der Waals surface area contributed by atoms with E-state index in [9.17, 15) is 19.1 Å². The smallest absolute Gasteiger partial charge is 0.335 e. The number of aliphatic imine (C=N–C) groups is 1. The van der Waals surface area contributed by atoms with Crippen molar-refractivity contribution in [3.05, 3.63) is 80.7 Å². The Bertz CT molecular complexity index is 1180. The van der Waals surface area contributed by atoms with Gasteiger partial charge in [-0.3, -0.25) is 14.8 Å². The molecule has 2 heterocycles. The van der Waals surface area contributed by atoms with Crippen LogP contribution < -0.4 is 16.1 Å². The molecule has 148 valence electrons. The van der Waals surface area contributed by atoms with Gasteiger partial charge < -0.3 is 10.0 Å². The van der Waals surface area contributed by atoms with Crippen molar-refractivity contribution in [2.75, 3.05) is 18.0 Å². The molecule has 1 aliphatic heterocycles. The van der Waals surface area contributed by atoms with E-state index in [0.29, 0.717) is 5.69 Å². The van der Waals surface area contributed by atoms with Crippen LogP contribution in [0, 0.1) is 5.82 Å². The maximum atomic E-state index is 13.2. The first kappa shape index (κ1) is 18.7. The lowest BCUT2D eigenvalue weighted by atomic mass is 10.2. The van der Waals surface area contributed by atoms with Crippen molar-refractivity contribution in [1.29, 1.82) is 0 Å². The Morgan fingerprint density at radius 3 is 2.45 bits per heavy atom. The highest BCUT2D eigenvalue weighted by molar-refractivity contribution is 5.86. The number of aromatic amines is 1. The zero-order chi connectivity index (χ0) is 20.4. The van der Waals surface area contributed by atoms with Gasteiger partial charge in [0, 0.05) is 19.3 Å². The second kappa shape index (κ2) is 7.75. The maximum absolute atomic E-state index is 13.2. The number of nitrogens with zero attached hydrogens (tertiary/aromatic N) is 3. The molecule has 0 bridgehead atoms. The fraction of sp³-hybridized carbons (Fsp3) is 0.190. The summed E-state index contributed by atoms with van der Waals surface area (Å²) < 4.78 is 14.1. The molecular formula is C21H19FN4O3. The molecule has 0 unspecified atom stereocenters. The van der Waals surface area contributed by atoms with Crippen molar-refractivity contribution in [3.63, 3.8) is 0 Å². The molecular weight excluding hydrogens is 375 g/mol. The monoisotopic (exact) mass is 394 g/mol. The highest BCUT2D eigenvalue weighted by atomic mass is 19.1. The number of anilines is 1. The number of hydrogen-bond acceptors (Lipinski definition) is 5. The molecule has 1 saturated heterocycles. The first-order valence-electron chi connectivity index (χ1n) is 9.27. The summed E-state index contributed by atoms with van der Waals surface area (Å²) in [7, 11) is 0. The molecule has 1 fully saturated rings. The number of hydrogen-bond donors (Lipinski definition) is 2. The van der Waals surface area contributed by atoms with Crippen LogP contribution in [0.5, 0.6) is 5.88 Å². The summed E-state index contributed by atoms with van der Waals surface area (Å²) in [5.74, 6) is -1.04. The van der Waals surface area contributed by atoms with E-state index in [-0.39, 0.29) is 11.3 Å². The number of H-pyrrole nitrogens is 1. The molecule has 0 radical (unpaired) electrons. The van der Waals surface area contributed by atoms with E-state index in [0.717, 1.165) is 48.3 Å². The van der Waals surface area contributed by atoms with Crippen molar-refractivity contribution in [2.24, 2.45) is 4.99 Å². The summed E-state index contributed by atoms with van der Waals surface area (Å²) in [5.41, 5.74) is 0.0844. The Balaban J connectivity index is 1.77. The van der Waals surface area contributed by atoms with Crippen molar-refractivity contribution in [1.82, 2.24) is 9.55 Å². The van der Waals surface area contributed by atoms with Crippen LogP contribution >= 0.6 is 0 Å². The predicted molar refractivity (Wildman–Crippen MR) is 109 cm³/mol. The molecule has 0 aliphatic carbocycles. The van der Waals surface area contributed by atoms with Crippen molar-refractivity contribution in [2.45, 2.75) is 12.8 Å². The van der Waals surface area contributed by atoms with Crippen LogP contribution in [-0.2, 0) is 0 Å². The minimum absolute atomic E-state index is 0.162. The second-order valence-electron chi connectivity index (χ2n) is 6.75. The van der Waals surface area contributed by atoms with Gasteiger partial charge in [0.1, 0.15) is 11.4 Å². The second-order valence-corrected chi connectivity index (χ2v) is 6.75. The number of nitrogens with one attached hydrogen (secondary N) is 1. The molecule has 0 spiro atoms. The molecule has 1 aromatic heterocycles. The predicted octanol–water partition coefficient (Wildman–Crippen LogP) is 2.72. The van der Waals surface area contributed by atoms with Gasteiger partial charge in [0.2, 0.25) is 5.88 Å². The van der Waals surface area contributed by atoms with Gasteiger partial charge >= 0.3 is 5.69 Å². The summed E-state index contributed by atoms with van der Waals surface area (Å²) in [6, 6.07) is 12.5. The number of rotatable bonds is 4. The van der Waals surface area contributed by atoms with Crippen LogP contribution in [0.25, 0.3) is 5.69 Å². The van der Waals surface area contributed by atoms with Crippen molar-refractivity contribution in [3.8, 4) is 11.6 Å². The van der Waals surface area contributed by atoms with Gasteiger partial charge in [-0.25, -0.2) is 13.8 Å². The van der Waals surface area contributed by atoms with Gasteiger partial charge in [-0.2, -0.15) is 0 Å². The maximum Gasteiger partial charge on any atom is 0.335 e. The third-order valence-electron chi connectivity index (χ3n) is 4.87. The first-order valence-corrected chi connectivity index (χ1v) is 9.27. The van der Waals surface area contributed by atoms with Crippen LogP contribution in [0.3, 0.4) is 0 Å². The average molecular weight is 394 g/mol. The number of benzene rings is 2. The van der Waals surface area contributed by atoms with Gasteiger partial charge in [-0.05, 0) is 49.2 Å². The molecule has 8 heteroatoms. The summed E-state index contributed by atoms with van der Waals surface area (Å²) in [4.78, 5) is 33.3. The fourth-order valence-electron chi connectivity index (χ4n) is 3.42. The highest BCUT2D eigenvalue weighted by Crippen LogP contribution is 2.31. The minimum Gasteiger partial charge on any atom is -0.493 e. The topological polar surface area (TPSA) is 90.7 Å². The molecule has 0 atom stereocenters. The van der Waals surface area contributed by atoms with Gasteiger partial charge in [0.15, 0.2) is 0 Å². The van der Waals surface area contributed by atoms with E-state index >= 15 is 0 Å². The number of aromatic hydroxyl groups is 1. The lowest BCUT2D eigenvalue weighted by Crippen LogP contribution is -2.31. The number of aromatic nitrogens is 2. The summed E-state index contributed by atoms with van der Waals surface area (Å²) in [6.45, 7) is 1.88. The molecule has 2 aromatic carbocycles. The Hall–Kier alpha value is -3.68. The molecule has 3 aromatic rings. The summed E-state index contributed by atoms with van der Waals surface area (Å²) in [6.07, 6.45) is 3.46. The molecule has 29 heavy (non-hydrogen) atoms. The van der Waals surface area contributed by atoms with Crippen LogP contribution in [0.4, 0.5) is 15.8 Å². The third-order valence-corrected chi connectivity index (χ3v) is 4.87. The Morgan fingerprint density at radius 2 is 1.72 bits per heavy atom. The van der Waals surface area contributed by atoms with E-state index in [1.807, 2.05) is 24.3 Å². The zero-order valence-corrected chi connectivity index (χ0v) is 15.5. The molecule has 4 rings (SSSR count). The highest BCUT2D eigenvalue weighted by Gasteiger charge is 2.17. The van der Waals surface area contributed by atoms with Gasteiger partial charge in [-0.15, -0.1) is 0 Å². The van der Waals surface area contributed by atoms with Crippen LogP contribution in [0.1, 0.15) is 18.4 Å². The Labute approximate surface area is 165 Å². The molecule has 2 N–H and O–H groups in total. The van der Waals surface area contributed by atoms with E-state index in [1.165, 1.54) is 18.3 Å². The Kier molecular flexibility index (Phi) is 4.99. The fourth-order valence-corrected chi connectivity index (χ4v) is 3.42. The normalized spacial score (nSPS) is 14.0. The summed E-state index contributed by atoms with van der Waals surface area (Å²) >= 11 is 0. The summed E-state index contributed by atoms with van der Waals surface area (Å²) in [5, 5.41) is 10.6. The lowest BCUT2D eigenvalue weighted by molar-refractivity contribution is 0.430.